The molecule has 0 saturated heterocycles. The van der Waals surface area contributed by atoms with Crippen LogP contribution in [0.5, 0.6) is 5.75 Å². The van der Waals surface area contributed by atoms with E-state index in [1.54, 1.807) is 7.11 Å². The third kappa shape index (κ3) is 7.87. The molecule has 1 aromatic heterocycles. The minimum atomic E-state index is 0. The lowest BCUT2D eigenvalue weighted by Crippen LogP contribution is -2.43. The van der Waals surface area contributed by atoms with Gasteiger partial charge in [-0.2, -0.15) is 5.10 Å². The van der Waals surface area contributed by atoms with Gasteiger partial charge >= 0.3 is 0 Å². The zero-order valence-corrected chi connectivity index (χ0v) is 20.9. The van der Waals surface area contributed by atoms with Crippen LogP contribution in [0.25, 0.3) is 0 Å². The van der Waals surface area contributed by atoms with E-state index >= 15 is 0 Å². The summed E-state index contributed by atoms with van der Waals surface area (Å²) in [7, 11) is 3.69. The van der Waals surface area contributed by atoms with Gasteiger partial charge in [-0.15, -0.1) is 24.0 Å². The van der Waals surface area contributed by atoms with E-state index in [1.807, 2.05) is 23.9 Å². The third-order valence-corrected chi connectivity index (χ3v) is 4.95. The van der Waals surface area contributed by atoms with Gasteiger partial charge in [0, 0.05) is 31.9 Å². The Morgan fingerprint density at radius 2 is 1.93 bits per heavy atom. The van der Waals surface area contributed by atoms with Crippen molar-refractivity contribution >= 4 is 29.9 Å². The number of aromatic nitrogens is 2. The third-order valence-electron chi connectivity index (χ3n) is 4.95. The van der Waals surface area contributed by atoms with Crippen LogP contribution in [0.3, 0.4) is 0 Å². The maximum Gasteiger partial charge on any atom is 0.191 e. The van der Waals surface area contributed by atoms with Crippen molar-refractivity contribution in [2.24, 2.45) is 12.0 Å². The number of aryl methyl sites for hydroxylation is 3. The fourth-order valence-electron chi connectivity index (χ4n) is 3.29. The maximum absolute atomic E-state index is 5.21. The summed E-state index contributed by atoms with van der Waals surface area (Å²) < 4.78 is 7.16. The summed E-state index contributed by atoms with van der Waals surface area (Å²) in [5.41, 5.74) is 4.96. The highest BCUT2D eigenvalue weighted by Gasteiger charge is 2.13. The van der Waals surface area contributed by atoms with Crippen LogP contribution in [0.2, 0.25) is 0 Å². The molecular formula is C22H36IN5O. The molecule has 0 spiro atoms. The average molecular weight is 513 g/mol. The highest BCUT2D eigenvalue weighted by atomic mass is 127. The second-order valence-corrected chi connectivity index (χ2v) is 7.23. The Kier molecular flexibility index (Phi) is 11.1. The van der Waals surface area contributed by atoms with Crippen molar-refractivity contribution in [1.82, 2.24) is 20.4 Å². The predicted molar refractivity (Wildman–Crippen MR) is 132 cm³/mol. The van der Waals surface area contributed by atoms with Crippen LogP contribution in [0.1, 0.15) is 42.8 Å². The summed E-state index contributed by atoms with van der Waals surface area (Å²) in [6, 6.07) is 8.53. The largest absolute Gasteiger partial charge is 0.497 e. The number of hydrogen-bond donors (Lipinski definition) is 2. The van der Waals surface area contributed by atoms with Crippen LogP contribution in [0.15, 0.2) is 29.3 Å². The molecule has 7 heteroatoms. The van der Waals surface area contributed by atoms with E-state index in [-0.39, 0.29) is 30.0 Å². The molecule has 0 aliphatic carbocycles. The quantitative estimate of drug-likeness (QED) is 0.232. The molecule has 2 rings (SSSR count). The fraction of sp³-hybridized carbons (Fsp3) is 0.545. The van der Waals surface area contributed by atoms with Crippen LogP contribution in [-0.2, 0) is 19.9 Å². The minimum Gasteiger partial charge on any atom is -0.497 e. The van der Waals surface area contributed by atoms with Crippen molar-refractivity contribution in [3.63, 3.8) is 0 Å². The van der Waals surface area contributed by atoms with Crippen LogP contribution in [0.4, 0.5) is 0 Å². The van der Waals surface area contributed by atoms with Gasteiger partial charge in [0.1, 0.15) is 5.75 Å². The number of ether oxygens (including phenoxy) is 1. The number of nitrogens with one attached hydrogen (secondary N) is 2. The maximum atomic E-state index is 5.21. The van der Waals surface area contributed by atoms with E-state index in [0.717, 1.165) is 49.8 Å². The topological polar surface area (TPSA) is 63.5 Å². The van der Waals surface area contributed by atoms with E-state index in [1.165, 1.54) is 16.8 Å². The predicted octanol–water partition coefficient (Wildman–Crippen LogP) is 3.78. The van der Waals surface area contributed by atoms with Gasteiger partial charge in [0.25, 0.3) is 0 Å². The van der Waals surface area contributed by atoms with Gasteiger partial charge in [-0.05, 0) is 70.2 Å². The number of rotatable bonds is 9. The molecule has 162 valence electrons. The van der Waals surface area contributed by atoms with Crippen molar-refractivity contribution in [2.75, 3.05) is 20.2 Å². The minimum absolute atomic E-state index is 0. The first-order valence-corrected chi connectivity index (χ1v) is 10.1. The molecule has 1 heterocycles. The van der Waals surface area contributed by atoms with Crippen LogP contribution in [-0.4, -0.2) is 42.0 Å². The van der Waals surface area contributed by atoms with Crippen molar-refractivity contribution in [1.29, 1.82) is 0 Å². The first kappa shape index (κ1) is 25.3. The molecule has 1 aromatic carbocycles. The molecule has 1 unspecified atom stereocenters. The zero-order chi connectivity index (χ0) is 20.5. The first-order valence-electron chi connectivity index (χ1n) is 10.1. The van der Waals surface area contributed by atoms with Crippen molar-refractivity contribution < 1.29 is 4.74 Å². The van der Waals surface area contributed by atoms with Gasteiger partial charge in [0.2, 0.25) is 0 Å². The molecule has 0 saturated carbocycles. The highest BCUT2D eigenvalue weighted by molar-refractivity contribution is 14.0. The Morgan fingerprint density at radius 3 is 2.48 bits per heavy atom. The lowest BCUT2D eigenvalue weighted by Gasteiger charge is -2.18. The average Bonchev–Trinajstić information content (AvgIpc) is 2.91. The first-order chi connectivity index (χ1) is 13.4. The van der Waals surface area contributed by atoms with Crippen molar-refractivity contribution in [2.45, 2.75) is 53.0 Å². The molecule has 0 bridgehead atoms. The number of aliphatic imine (C=N–C) groups is 1. The van der Waals surface area contributed by atoms with E-state index in [4.69, 9.17) is 9.73 Å². The summed E-state index contributed by atoms with van der Waals surface area (Å²) >= 11 is 0. The van der Waals surface area contributed by atoms with Crippen molar-refractivity contribution in [3.8, 4) is 5.75 Å². The summed E-state index contributed by atoms with van der Waals surface area (Å²) in [4.78, 5) is 4.74. The molecule has 0 aliphatic rings. The molecule has 0 aliphatic heterocycles. The second kappa shape index (κ2) is 12.7. The number of benzene rings is 1. The van der Waals surface area contributed by atoms with Crippen molar-refractivity contribution in [3.05, 3.63) is 46.8 Å². The zero-order valence-electron chi connectivity index (χ0n) is 18.6. The summed E-state index contributed by atoms with van der Waals surface area (Å²) in [6.45, 7) is 10.1. The van der Waals surface area contributed by atoms with Gasteiger partial charge < -0.3 is 15.4 Å². The molecule has 0 amide bonds. The van der Waals surface area contributed by atoms with Crippen LogP contribution >= 0.6 is 24.0 Å². The van der Waals surface area contributed by atoms with Gasteiger partial charge in [-0.25, -0.2) is 0 Å². The number of guanidine groups is 1. The van der Waals surface area contributed by atoms with E-state index in [9.17, 15) is 0 Å². The Balaban J connectivity index is 0.00000420. The van der Waals surface area contributed by atoms with Crippen LogP contribution in [0, 0.1) is 13.8 Å². The lowest BCUT2D eigenvalue weighted by atomic mass is 10.1. The summed E-state index contributed by atoms with van der Waals surface area (Å²) in [6.07, 6.45) is 2.95. The van der Waals surface area contributed by atoms with E-state index in [2.05, 4.69) is 55.6 Å². The molecule has 6 nitrogen and oxygen atoms in total. The highest BCUT2D eigenvalue weighted by Crippen LogP contribution is 2.14. The van der Waals surface area contributed by atoms with Gasteiger partial charge in [-0.3, -0.25) is 9.67 Å². The van der Waals surface area contributed by atoms with Crippen LogP contribution < -0.4 is 15.4 Å². The summed E-state index contributed by atoms with van der Waals surface area (Å²) in [5, 5.41) is 11.4. The fourth-order valence-corrected chi connectivity index (χ4v) is 3.29. The number of hydrogen-bond acceptors (Lipinski definition) is 3. The molecule has 1 atom stereocenters. The van der Waals surface area contributed by atoms with E-state index in [0.29, 0.717) is 0 Å². The molecule has 0 radical (unpaired) electrons. The normalized spacial score (nSPS) is 12.3. The SMILES string of the molecule is CCNC(=NCCCc1ccc(OC)cc1)NC(C)Cc1c(C)nn(C)c1C.I. The Labute approximate surface area is 192 Å². The molecule has 0 fully saturated rings. The van der Waals surface area contributed by atoms with E-state index < -0.39 is 0 Å². The molecule has 2 aromatic rings. The monoisotopic (exact) mass is 513 g/mol. The van der Waals surface area contributed by atoms with Gasteiger partial charge in [0.15, 0.2) is 5.96 Å². The lowest BCUT2D eigenvalue weighted by molar-refractivity contribution is 0.414. The number of methoxy groups -OCH3 is 1. The summed E-state index contributed by atoms with van der Waals surface area (Å²) in [5.74, 6) is 1.78. The molecular weight excluding hydrogens is 477 g/mol. The van der Waals surface area contributed by atoms with Gasteiger partial charge in [0.05, 0.1) is 12.8 Å². The smallest absolute Gasteiger partial charge is 0.191 e. The molecule has 29 heavy (non-hydrogen) atoms. The Morgan fingerprint density at radius 1 is 1.24 bits per heavy atom. The van der Waals surface area contributed by atoms with Gasteiger partial charge in [-0.1, -0.05) is 12.1 Å². The number of halogens is 1. The number of nitrogens with zero attached hydrogens (tertiary/aromatic N) is 3. The standard InChI is InChI=1S/C22H35N5O.HI/c1-7-23-22(24-14-8-9-19-10-12-20(28-6)13-11-19)25-16(2)15-21-17(3)26-27(5)18(21)4;/h10-13,16H,7-9,14-15H2,1-6H3,(H2,23,24,25);1H. The molecule has 2 N–H and O–H groups in total. The second-order valence-electron chi connectivity index (χ2n) is 7.23. The Hall–Kier alpha value is -1.77. The Bertz CT molecular complexity index is 770.